The average molecular weight is 343 g/mol. The summed E-state index contributed by atoms with van der Waals surface area (Å²) >= 11 is 6.02. The Morgan fingerprint density at radius 1 is 0.958 bits per heavy atom. The molecule has 0 radical (unpaired) electrons. The van der Waals surface area contributed by atoms with E-state index in [0.29, 0.717) is 10.8 Å². The van der Waals surface area contributed by atoms with Crippen LogP contribution in [0, 0.1) is 0 Å². The van der Waals surface area contributed by atoms with Gasteiger partial charge in [-0.15, -0.1) is 0 Å². The van der Waals surface area contributed by atoms with Gasteiger partial charge in [-0.2, -0.15) is 0 Å². The number of benzene rings is 2. The largest absolute Gasteiger partial charge is 0.508 e. The number of piperazine rings is 1. The van der Waals surface area contributed by atoms with Crippen LogP contribution in [0.3, 0.4) is 0 Å². The maximum atomic E-state index is 9.94. The molecule has 0 atom stereocenters. The number of halogens is 1. The van der Waals surface area contributed by atoms with E-state index in [4.69, 9.17) is 11.6 Å². The van der Waals surface area contributed by atoms with Gasteiger partial charge in [0.05, 0.1) is 0 Å². The summed E-state index contributed by atoms with van der Waals surface area (Å²) in [6.07, 6.45) is 4.41. The molecule has 3 nitrogen and oxygen atoms in total. The predicted octanol–water partition coefficient (Wildman–Crippen LogP) is 3.88. The second-order valence-electron chi connectivity index (χ2n) is 6.16. The lowest BCUT2D eigenvalue weighted by molar-refractivity contribution is 0.136. The second kappa shape index (κ2) is 8.34. The summed E-state index contributed by atoms with van der Waals surface area (Å²) in [5.74, 6) is 0.327. The number of rotatable bonds is 5. The maximum Gasteiger partial charge on any atom is 0.120 e. The fourth-order valence-electron chi connectivity index (χ4n) is 2.95. The Balaban J connectivity index is 1.46. The van der Waals surface area contributed by atoms with Crippen molar-refractivity contribution in [2.24, 2.45) is 0 Å². The zero-order valence-electron chi connectivity index (χ0n) is 13.7. The van der Waals surface area contributed by atoms with Gasteiger partial charge < -0.3 is 5.11 Å². The summed E-state index contributed by atoms with van der Waals surface area (Å²) < 4.78 is 0. The maximum absolute atomic E-state index is 9.94. The van der Waals surface area contributed by atoms with Crippen LogP contribution >= 0.6 is 11.6 Å². The van der Waals surface area contributed by atoms with Crippen molar-refractivity contribution >= 4 is 17.7 Å². The zero-order chi connectivity index (χ0) is 16.8. The number of phenols is 1. The van der Waals surface area contributed by atoms with Crippen LogP contribution < -0.4 is 0 Å². The average Bonchev–Trinajstić information content (AvgIpc) is 2.61. The molecule has 1 saturated heterocycles. The van der Waals surface area contributed by atoms with Crippen LogP contribution in [0.15, 0.2) is 54.6 Å². The van der Waals surface area contributed by atoms with E-state index in [-0.39, 0.29) is 0 Å². The lowest BCUT2D eigenvalue weighted by atomic mass is 10.1. The van der Waals surface area contributed by atoms with E-state index < -0.39 is 0 Å². The highest BCUT2D eigenvalue weighted by atomic mass is 35.5. The molecular formula is C20H23ClN2O. The Morgan fingerprint density at radius 2 is 1.67 bits per heavy atom. The predicted molar refractivity (Wildman–Crippen MR) is 100 cm³/mol. The Hall–Kier alpha value is -1.81. The van der Waals surface area contributed by atoms with Crippen molar-refractivity contribution in [2.75, 3.05) is 32.7 Å². The van der Waals surface area contributed by atoms with Gasteiger partial charge in [0.25, 0.3) is 0 Å². The van der Waals surface area contributed by atoms with Crippen LogP contribution in [0.4, 0.5) is 0 Å². The summed E-state index contributed by atoms with van der Waals surface area (Å²) in [6.45, 7) is 5.82. The van der Waals surface area contributed by atoms with Gasteiger partial charge in [0.15, 0.2) is 0 Å². The molecule has 0 amide bonds. The van der Waals surface area contributed by atoms with Crippen molar-refractivity contribution in [1.29, 1.82) is 0 Å². The molecule has 3 rings (SSSR count). The summed E-state index contributed by atoms with van der Waals surface area (Å²) in [6, 6.07) is 15.6. The number of nitrogens with zero attached hydrogens (tertiary/aromatic N) is 2. The minimum absolute atomic E-state index is 0.327. The minimum Gasteiger partial charge on any atom is -0.508 e. The Kier molecular flexibility index (Phi) is 5.91. The third kappa shape index (κ3) is 4.84. The molecule has 126 valence electrons. The van der Waals surface area contributed by atoms with Crippen LogP contribution in [0.5, 0.6) is 5.75 Å². The van der Waals surface area contributed by atoms with Gasteiger partial charge in [0, 0.05) is 49.9 Å². The van der Waals surface area contributed by atoms with E-state index in [1.165, 1.54) is 5.56 Å². The van der Waals surface area contributed by atoms with Gasteiger partial charge in [-0.3, -0.25) is 9.80 Å². The fraction of sp³-hybridized carbons (Fsp3) is 0.300. The van der Waals surface area contributed by atoms with Gasteiger partial charge in [-0.1, -0.05) is 54.1 Å². The van der Waals surface area contributed by atoms with Gasteiger partial charge in [-0.05, 0) is 23.8 Å². The number of aromatic hydroxyl groups is 1. The van der Waals surface area contributed by atoms with E-state index in [0.717, 1.165) is 44.8 Å². The summed E-state index contributed by atoms with van der Waals surface area (Å²) in [4.78, 5) is 4.82. The zero-order valence-corrected chi connectivity index (χ0v) is 14.5. The van der Waals surface area contributed by atoms with Crippen LogP contribution in [0.1, 0.15) is 11.1 Å². The van der Waals surface area contributed by atoms with Crippen molar-refractivity contribution < 1.29 is 5.11 Å². The SMILES string of the molecule is Oc1ccc(Cl)cc1CN1CCN(CC=Cc2ccccc2)CC1. The second-order valence-corrected chi connectivity index (χ2v) is 6.60. The molecule has 4 heteroatoms. The summed E-state index contributed by atoms with van der Waals surface area (Å²) in [5.41, 5.74) is 2.15. The molecule has 1 aliphatic heterocycles. The first-order chi connectivity index (χ1) is 11.7. The van der Waals surface area contributed by atoms with Crippen LogP contribution in [0.2, 0.25) is 5.02 Å². The highest BCUT2D eigenvalue weighted by Gasteiger charge is 2.17. The van der Waals surface area contributed by atoms with Crippen molar-refractivity contribution in [3.8, 4) is 5.75 Å². The molecule has 1 N–H and O–H groups in total. The molecule has 0 aromatic heterocycles. The van der Waals surface area contributed by atoms with Crippen molar-refractivity contribution in [3.05, 3.63) is 70.8 Å². The molecule has 1 heterocycles. The van der Waals surface area contributed by atoms with Crippen molar-refractivity contribution in [1.82, 2.24) is 9.80 Å². The molecule has 0 saturated carbocycles. The molecule has 1 fully saturated rings. The van der Waals surface area contributed by atoms with Crippen LogP contribution in [0.25, 0.3) is 6.08 Å². The van der Waals surface area contributed by atoms with E-state index in [2.05, 4.69) is 46.2 Å². The molecule has 2 aromatic carbocycles. The normalized spacial score (nSPS) is 16.7. The Labute approximate surface area is 148 Å². The lowest BCUT2D eigenvalue weighted by Crippen LogP contribution is -2.45. The summed E-state index contributed by atoms with van der Waals surface area (Å²) in [7, 11) is 0. The smallest absolute Gasteiger partial charge is 0.120 e. The summed E-state index contributed by atoms with van der Waals surface area (Å²) in [5, 5.41) is 10.6. The number of hydrogen-bond acceptors (Lipinski definition) is 3. The third-order valence-electron chi connectivity index (χ3n) is 4.37. The Morgan fingerprint density at radius 3 is 2.42 bits per heavy atom. The molecule has 0 bridgehead atoms. The van der Waals surface area contributed by atoms with Crippen molar-refractivity contribution in [2.45, 2.75) is 6.54 Å². The molecule has 2 aromatic rings. The highest BCUT2D eigenvalue weighted by Crippen LogP contribution is 2.23. The minimum atomic E-state index is 0.327. The fourth-order valence-corrected chi connectivity index (χ4v) is 3.15. The molecular weight excluding hydrogens is 320 g/mol. The molecule has 24 heavy (non-hydrogen) atoms. The molecule has 0 aliphatic carbocycles. The van der Waals surface area contributed by atoms with Gasteiger partial charge >= 0.3 is 0 Å². The number of hydrogen-bond donors (Lipinski definition) is 1. The van der Waals surface area contributed by atoms with Crippen LogP contribution in [-0.4, -0.2) is 47.6 Å². The van der Waals surface area contributed by atoms with Gasteiger partial charge in [0.2, 0.25) is 0 Å². The monoisotopic (exact) mass is 342 g/mol. The standard InChI is InChI=1S/C20H23ClN2O/c21-19-8-9-20(24)18(15-19)16-23-13-11-22(12-14-23)10-4-7-17-5-2-1-3-6-17/h1-9,15,24H,10-14,16H2. The van der Waals surface area contributed by atoms with E-state index >= 15 is 0 Å². The lowest BCUT2D eigenvalue weighted by Gasteiger charge is -2.34. The quantitative estimate of drug-likeness (QED) is 0.893. The molecule has 0 spiro atoms. The third-order valence-corrected chi connectivity index (χ3v) is 4.61. The van der Waals surface area contributed by atoms with Crippen molar-refractivity contribution in [3.63, 3.8) is 0 Å². The van der Waals surface area contributed by atoms with Gasteiger partial charge in [0.1, 0.15) is 5.75 Å². The first-order valence-electron chi connectivity index (χ1n) is 8.34. The highest BCUT2D eigenvalue weighted by molar-refractivity contribution is 6.30. The first-order valence-corrected chi connectivity index (χ1v) is 8.72. The van der Waals surface area contributed by atoms with Crippen LogP contribution in [-0.2, 0) is 6.54 Å². The number of phenolic OH excluding ortho intramolecular Hbond substituents is 1. The first kappa shape index (κ1) is 17.0. The Bertz CT molecular complexity index is 679. The molecule has 1 aliphatic rings. The van der Waals surface area contributed by atoms with E-state index in [1.807, 2.05) is 12.1 Å². The molecule has 0 unspecified atom stereocenters. The van der Waals surface area contributed by atoms with E-state index in [9.17, 15) is 5.11 Å². The van der Waals surface area contributed by atoms with E-state index in [1.54, 1.807) is 12.1 Å². The topological polar surface area (TPSA) is 26.7 Å². The van der Waals surface area contributed by atoms with Gasteiger partial charge in [-0.25, -0.2) is 0 Å².